The molecule has 0 aromatic heterocycles. The molecule has 0 aromatic rings. The zero-order valence-corrected chi connectivity index (χ0v) is 7.66. The first-order valence-corrected chi connectivity index (χ1v) is 3.98. The van der Waals surface area contributed by atoms with Crippen molar-refractivity contribution in [1.82, 2.24) is 4.90 Å². The van der Waals surface area contributed by atoms with Gasteiger partial charge in [0.1, 0.15) is 0 Å². The van der Waals surface area contributed by atoms with Crippen molar-refractivity contribution in [3.05, 3.63) is 37.0 Å². The van der Waals surface area contributed by atoms with Crippen LogP contribution in [0.2, 0.25) is 0 Å². The Balaban J connectivity index is 3.93. The molecule has 0 aliphatic rings. The molecular formula is C10H17NO. The standard InChI is InChI=1S/C10H17NO/c1-4-6-10(5-2)9-11(3)7-8-12/h4-6,12H,1-2,7-9H2,3H3/b10-6+. The Morgan fingerprint density at radius 2 is 2.17 bits per heavy atom. The van der Waals surface area contributed by atoms with Crippen LogP contribution in [-0.2, 0) is 0 Å². The Hall–Kier alpha value is -0.860. The van der Waals surface area contributed by atoms with Crippen molar-refractivity contribution in [3.63, 3.8) is 0 Å². The topological polar surface area (TPSA) is 23.5 Å². The Labute approximate surface area is 74.5 Å². The molecule has 0 radical (unpaired) electrons. The van der Waals surface area contributed by atoms with Crippen LogP contribution in [0.25, 0.3) is 0 Å². The lowest BCUT2D eigenvalue weighted by Crippen LogP contribution is -2.23. The van der Waals surface area contributed by atoms with E-state index in [1.165, 1.54) is 0 Å². The molecule has 0 aliphatic carbocycles. The van der Waals surface area contributed by atoms with Crippen molar-refractivity contribution in [2.75, 3.05) is 26.7 Å². The molecule has 2 nitrogen and oxygen atoms in total. The Morgan fingerprint density at radius 1 is 1.50 bits per heavy atom. The van der Waals surface area contributed by atoms with Gasteiger partial charge in [-0.1, -0.05) is 31.4 Å². The summed E-state index contributed by atoms with van der Waals surface area (Å²) in [6, 6.07) is 0. The van der Waals surface area contributed by atoms with Crippen molar-refractivity contribution in [1.29, 1.82) is 0 Å². The Morgan fingerprint density at radius 3 is 2.58 bits per heavy atom. The monoisotopic (exact) mass is 167 g/mol. The third-order valence-electron chi connectivity index (χ3n) is 1.53. The number of likely N-dealkylation sites (N-methyl/N-ethyl adjacent to an activating group) is 1. The summed E-state index contributed by atoms with van der Waals surface area (Å²) >= 11 is 0. The molecule has 1 N–H and O–H groups in total. The number of hydrogen-bond acceptors (Lipinski definition) is 2. The van der Waals surface area contributed by atoms with Gasteiger partial charge in [0.25, 0.3) is 0 Å². The molecule has 0 unspecified atom stereocenters. The average molecular weight is 167 g/mol. The van der Waals surface area contributed by atoms with E-state index < -0.39 is 0 Å². The van der Waals surface area contributed by atoms with E-state index in [0.717, 1.165) is 12.1 Å². The maximum atomic E-state index is 8.65. The molecule has 2 heteroatoms. The van der Waals surface area contributed by atoms with Crippen molar-refractivity contribution in [2.45, 2.75) is 0 Å². The highest BCUT2D eigenvalue weighted by atomic mass is 16.3. The summed E-state index contributed by atoms with van der Waals surface area (Å²) in [6.45, 7) is 8.97. The molecule has 0 saturated carbocycles. The molecule has 0 heterocycles. The SMILES string of the molecule is C=C/C=C(\C=C)CN(C)CCO. The van der Waals surface area contributed by atoms with E-state index in [1.54, 1.807) is 12.2 Å². The summed E-state index contributed by atoms with van der Waals surface area (Å²) in [5.74, 6) is 0. The molecule has 68 valence electrons. The third-order valence-corrected chi connectivity index (χ3v) is 1.53. The highest BCUT2D eigenvalue weighted by Gasteiger charge is 1.97. The van der Waals surface area contributed by atoms with Gasteiger partial charge in [-0.3, -0.25) is 4.90 Å². The summed E-state index contributed by atoms with van der Waals surface area (Å²) in [7, 11) is 1.96. The van der Waals surface area contributed by atoms with Crippen LogP contribution in [0.4, 0.5) is 0 Å². The highest BCUT2D eigenvalue weighted by molar-refractivity contribution is 5.22. The molecule has 12 heavy (non-hydrogen) atoms. The number of nitrogens with zero attached hydrogens (tertiary/aromatic N) is 1. The van der Waals surface area contributed by atoms with Crippen LogP contribution in [0.5, 0.6) is 0 Å². The van der Waals surface area contributed by atoms with Gasteiger partial charge in [0.2, 0.25) is 0 Å². The normalized spacial score (nSPS) is 11.8. The Bertz CT molecular complexity index is 173. The van der Waals surface area contributed by atoms with Gasteiger partial charge in [-0.05, 0) is 12.6 Å². The molecule has 0 bridgehead atoms. The van der Waals surface area contributed by atoms with Gasteiger partial charge in [0.05, 0.1) is 6.61 Å². The molecule has 0 atom stereocenters. The van der Waals surface area contributed by atoms with Crippen LogP contribution in [0.15, 0.2) is 37.0 Å². The largest absolute Gasteiger partial charge is 0.395 e. The number of allylic oxidation sites excluding steroid dienone is 2. The highest BCUT2D eigenvalue weighted by Crippen LogP contribution is 1.98. The number of aliphatic hydroxyl groups is 1. The van der Waals surface area contributed by atoms with E-state index in [-0.39, 0.29) is 6.61 Å². The van der Waals surface area contributed by atoms with E-state index in [9.17, 15) is 0 Å². The molecule has 0 spiro atoms. The smallest absolute Gasteiger partial charge is 0.0558 e. The fourth-order valence-electron chi connectivity index (χ4n) is 0.898. The molecule has 0 amide bonds. The summed E-state index contributed by atoms with van der Waals surface area (Å²) < 4.78 is 0. The second-order valence-corrected chi connectivity index (χ2v) is 2.64. The summed E-state index contributed by atoms with van der Waals surface area (Å²) in [5.41, 5.74) is 1.11. The van der Waals surface area contributed by atoms with E-state index in [2.05, 4.69) is 13.2 Å². The van der Waals surface area contributed by atoms with Gasteiger partial charge >= 0.3 is 0 Å². The lowest BCUT2D eigenvalue weighted by Gasteiger charge is -2.14. The number of rotatable bonds is 6. The van der Waals surface area contributed by atoms with E-state index in [4.69, 9.17) is 5.11 Å². The second-order valence-electron chi connectivity index (χ2n) is 2.64. The molecule has 0 fully saturated rings. The number of aliphatic hydroxyl groups excluding tert-OH is 1. The number of hydrogen-bond donors (Lipinski definition) is 1. The lowest BCUT2D eigenvalue weighted by molar-refractivity contribution is 0.231. The van der Waals surface area contributed by atoms with E-state index >= 15 is 0 Å². The average Bonchev–Trinajstić information content (AvgIpc) is 2.04. The molecule has 0 aromatic carbocycles. The first kappa shape index (κ1) is 11.1. The lowest BCUT2D eigenvalue weighted by atomic mass is 10.2. The fourth-order valence-corrected chi connectivity index (χ4v) is 0.898. The summed E-state index contributed by atoms with van der Waals surface area (Å²) in [6.07, 6.45) is 5.46. The summed E-state index contributed by atoms with van der Waals surface area (Å²) in [5, 5.41) is 8.65. The van der Waals surface area contributed by atoms with Crippen molar-refractivity contribution >= 4 is 0 Å². The molecule has 0 rings (SSSR count). The van der Waals surface area contributed by atoms with Crippen molar-refractivity contribution < 1.29 is 5.11 Å². The minimum absolute atomic E-state index is 0.189. The maximum absolute atomic E-state index is 8.65. The van der Waals surface area contributed by atoms with Gasteiger partial charge < -0.3 is 5.11 Å². The fraction of sp³-hybridized carbons (Fsp3) is 0.400. The predicted molar refractivity (Wildman–Crippen MR) is 53.1 cm³/mol. The van der Waals surface area contributed by atoms with Crippen LogP contribution in [0.3, 0.4) is 0 Å². The van der Waals surface area contributed by atoms with Gasteiger partial charge in [0, 0.05) is 13.1 Å². The minimum atomic E-state index is 0.189. The predicted octanol–water partition coefficient (Wildman–Crippen LogP) is 1.21. The van der Waals surface area contributed by atoms with Crippen LogP contribution in [0.1, 0.15) is 0 Å². The van der Waals surface area contributed by atoms with Gasteiger partial charge in [0.15, 0.2) is 0 Å². The first-order chi connectivity index (χ1) is 5.74. The Kier molecular flexibility index (Phi) is 6.34. The quantitative estimate of drug-likeness (QED) is 0.601. The zero-order valence-electron chi connectivity index (χ0n) is 7.66. The first-order valence-electron chi connectivity index (χ1n) is 3.98. The zero-order chi connectivity index (χ0) is 9.40. The summed E-state index contributed by atoms with van der Waals surface area (Å²) in [4.78, 5) is 2.02. The molecule has 0 aliphatic heterocycles. The minimum Gasteiger partial charge on any atom is -0.395 e. The van der Waals surface area contributed by atoms with Crippen LogP contribution in [-0.4, -0.2) is 36.8 Å². The van der Waals surface area contributed by atoms with Crippen LogP contribution >= 0.6 is 0 Å². The van der Waals surface area contributed by atoms with Gasteiger partial charge in [-0.2, -0.15) is 0 Å². The van der Waals surface area contributed by atoms with Gasteiger partial charge in [-0.15, -0.1) is 0 Å². The van der Waals surface area contributed by atoms with E-state index in [0.29, 0.717) is 6.54 Å². The van der Waals surface area contributed by atoms with Crippen LogP contribution in [0, 0.1) is 0 Å². The molecule has 0 saturated heterocycles. The van der Waals surface area contributed by atoms with E-state index in [1.807, 2.05) is 18.0 Å². The second kappa shape index (κ2) is 6.83. The van der Waals surface area contributed by atoms with Gasteiger partial charge in [-0.25, -0.2) is 0 Å². The molecular weight excluding hydrogens is 150 g/mol. The van der Waals surface area contributed by atoms with Crippen molar-refractivity contribution in [2.24, 2.45) is 0 Å². The van der Waals surface area contributed by atoms with Crippen molar-refractivity contribution in [3.8, 4) is 0 Å². The van der Waals surface area contributed by atoms with Crippen LogP contribution < -0.4 is 0 Å². The third kappa shape index (κ3) is 4.88. The maximum Gasteiger partial charge on any atom is 0.0558 e.